The molecule has 0 spiro atoms. The molecule has 0 radical (unpaired) electrons. The van der Waals surface area contributed by atoms with E-state index < -0.39 is 0 Å². The van der Waals surface area contributed by atoms with Crippen LogP contribution in [-0.2, 0) is 0 Å². The second kappa shape index (κ2) is 7.05. The van der Waals surface area contributed by atoms with Crippen LogP contribution >= 0.6 is 50.7 Å². The summed E-state index contributed by atoms with van der Waals surface area (Å²) in [6.45, 7) is 0. The van der Waals surface area contributed by atoms with Crippen molar-refractivity contribution in [1.82, 2.24) is 5.32 Å². The van der Waals surface area contributed by atoms with Gasteiger partial charge in [-0.25, -0.2) is 0 Å². The number of anilines is 1. The second-order valence-corrected chi connectivity index (χ2v) is 7.04. The highest BCUT2D eigenvalue weighted by molar-refractivity contribution is 14.1. The van der Waals surface area contributed by atoms with Gasteiger partial charge in [-0.3, -0.25) is 0 Å². The molecule has 2 N–H and O–H groups in total. The molecule has 0 aromatic heterocycles. The third-order valence-corrected chi connectivity index (χ3v) is 4.77. The molecule has 98 valence electrons. The van der Waals surface area contributed by atoms with Crippen molar-refractivity contribution in [3.8, 4) is 0 Å². The summed E-state index contributed by atoms with van der Waals surface area (Å²) >= 11 is 11.2. The summed E-state index contributed by atoms with van der Waals surface area (Å²) < 4.78 is 2.23. The molecular formula is C13H16BrIN2S. The van der Waals surface area contributed by atoms with Crippen LogP contribution in [0.15, 0.2) is 22.7 Å². The maximum Gasteiger partial charge on any atom is 0.171 e. The summed E-state index contributed by atoms with van der Waals surface area (Å²) in [5.74, 6) is 0. The lowest BCUT2D eigenvalue weighted by atomic mass is 9.96. The maximum atomic E-state index is 5.38. The van der Waals surface area contributed by atoms with Gasteiger partial charge in [0.1, 0.15) is 0 Å². The third-order valence-electron chi connectivity index (χ3n) is 3.12. The number of hydrogen-bond acceptors (Lipinski definition) is 1. The highest BCUT2D eigenvalue weighted by Gasteiger charge is 2.14. The Morgan fingerprint density at radius 2 is 2.00 bits per heavy atom. The molecule has 0 unspecified atom stereocenters. The van der Waals surface area contributed by atoms with Crippen LogP contribution in [0.1, 0.15) is 32.1 Å². The van der Waals surface area contributed by atoms with Gasteiger partial charge >= 0.3 is 0 Å². The van der Waals surface area contributed by atoms with Gasteiger partial charge in [-0.2, -0.15) is 0 Å². The summed E-state index contributed by atoms with van der Waals surface area (Å²) in [5.41, 5.74) is 1.05. The Labute approximate surface area is 136 Å². The Kier molecular flexibility index (Phi) is 5.69. The average molecular weight is 439 g/mol. The summed E-state index contributed by atoms with van der Waals surface area (Å²) in [4.78, 5) is 0. The van der Waals surface area contributed by atoms with Crippen LogP contribution in [0.2, 0.25) is 0 Å². The first-order valence-corrected chi connectivity index (χ1v) is 8.46. The average Bonchev–Trinajstić information content (AvgIpc) is 2.35. The third kappa shape index (κ3) is 4.35. The van der Waals surface area contributed by atoms with Gasteiger partial charge in [0.15, 0.2) is 5.11 Å². The van der Waals surface area contributed by atoms with Gasteiger partial charge in [0.25, 0.3) is 0 Å². The smallest absolute Gasteiger partial charge is 0.171 e. The number of rotatable bonds is 2. The van der Waals surface area contributed by atoms with Gasteiger partial charge in [-0.1, -0.05) is 35.2 Å². The highest BCUT2D eigenvalue weighted by Crippen LogP contribution is 2.23. The molecule has 1 aromatic rings. The number of nitrogens with one attached hydrogen (secondary N) is 2. The summed E-state index contributed by atoms with van der Waals surface area (Å²) in [6.07, 6.45) is 6.46. The largest absolute Gasteiger partial charge is 0.360 e. The van der Waals surface area contributed by atoms with Crippen LogP contribution in [0.3, 0.4) is 0 Å². The Balaban J connectivity index is 1.92. The zero-order valence-electron chi connectivity index (χ0n) is 10.0. The van der Waals surface area contributed by atoms with Crippen molar-refractivity contribution in [1.29, 1.82) is 0 Å². The topological polar surface area (TPSA) is 24.1 Å². The lowest BCUT2D eigenvalue weighted by Crippen LogP contribution is -2.38. The van der Waals surface area contributed by atoms with E-state index in [1.54, 1.807) is 0 Å². The van der Waals surface area contributed by atoms with Crippen LogP contribution in [0.25, 0.3) is 0 Å². The molecule has 0 aliphatic heterocycles. The van der Waals surface area contributed by atoms with Crippen molar-refractivity contribution in [3.63, 3.8) is 0 Å². The first-order valence-electron chi connectivity index (χ1n) is 6.18. The molecule has 18 heavy (non-hydrogen) atoms. The molecule has 1 aromatic carbocycles. The predicted octanol–water partition coefficient (Wildman–Crippen LogP) is 4.67. The predicted molar refractivity (Wildman–Crippen MR) is 93.1 cm³/mol. The van der Waals surface area contributed by atoms with E-state index in [4.69, 9.17) is 12.2 Å². The molecular weight excluding hydrogens is 423 g/mol. The van der Waals surface area contributed by atoms with Crippen LogP contribution in [-0.4, -0.2) is 11.2 Å². The van der Waals surface area contributed by atoms with Crippen molar-refractivity contribution in [2.24, 2.45) is 0 Å². The van der Waals surface area contributed by atoms with Gasteiger partial charge in [0.2, 0.25) is 0 Å². The molecule has 0 saturated heterocycles. The first-order chi connectivity index (χ1) is 8.65. The van der Waals surface area contributed by atoms with Gasteiger partial charge < -0.3 is 10.6 Å². The fourth-order valence-electron chi connectivity index (χ4n) is 2.18. The number of benzene rings is 1. The fraction of sp³-hybridized carbons (Fsp3) is 0.462. The van der Waals surface area contributed by atoms with E-state index in [9.17, 15) is 0 Å². The van der Waals surface area contributed by atoms with Crippen LogP contribution in [0.4, 0.5) is 5.69 Å². The molecule has 1 aliphatic carbocycles. The summed E-state index contributed by atoms with van der Waals surface area (Å²) in [6, 6.07) is 6.70. The number of thiocarbonyl (C=S) groups is 1. The maximum absolute atomic E-state index is 5.38. The summed E-state index contributed by atoms with van der Waals surface area (Å²) in [5, 5.41) is 7.43. The first kappa shape index (κ1) is 14.5. The minimum atomic E-state index is 0.545. The van der Waals surface area contributed by atoms with E-state index >= 15 is 0 Å². The molecule has 0 atom stereocenters. The van der Waals surface area contributed by atoms with E-state index in [-0.39, 0.29) is 0 Å². The van der Waals surface area contributed by atoms with Crippen molar-refractivity contribution < 1.29 is 0 Å². The molecule has 0 bridgehead atoms. The van der Waals surface area contributed by atoms with Gasteiger partial charge in [0.05, 0.1) is 5.69 Å². The van der Waals surface area contributed by atoms with Crippen molar-refractivity contribution in [2.45, 2.75) is 38.1 Å². The Bertz CT molecular complexity index is 433. The van der Waals surface area contributed by atoms with E-state index in [1.807, 2.05) is 6.07 Å². The molecule has 1 aliphatic rings. The zero-order chi connectivity index (χ0) is 13.0. The van der Waals surface area contributed by atoms with Crippen LogP contribution in [0.5, 0.6) is 0 Å². The van der Waals surface area contributed by atoms with Crippen LogP contribution in [0, 0.1) is 3.57 Å². The zero-order valence-corrected chi connectivity index (χ0v) is 14.6. The Morgan fingerprint density at radius 3 is 2.72 bits per heavy atom. The molecule has 0 amide bonds. The lowest BCUT2D eigenvalue weighted by molar-refractivity contribution is 0.415. The van der Waals surface area contributed by atoms with Gasteiger partial charge in [-0.15, -0.1) is 0 Å². The van der Waals surface area contributed by atoms with Crippen molar-refractivity contribution in [3.05, 3.63) is 26.2 Å². The Morgan fingerprint density at radius 1 is 1.28 bits per heavy atom. The standard InChI is InChI=1S/C13H16BrIN2S/c14-9-6-7-11(15)12(8-9)17-13(18)16-10-4-2-1-3-5-10/h6-8,10H,1-5H2,(H2,16,17,18). The highest BCUT2D eigenvalue weighted by atomic mass is 127. The fourth-order valence-corrected chi connectivity index (χ4v) is 3.29. The molecule has 1 fully saturated rings. The minimum Gasteiger partial charge on any atom is -0.360 e. The summed E-state index contributed by atoms with van der Waals surface area (Å²) in [7, 11) is 0. The number of halogens is 2. The minimum absolute atomic E-state index is 0.545. The van der Waals surface area contributed by atoms with Crippen molar-refractivity contribution >= 4 is 61.5 Å². The van der Waals surface area contributed by atoms with E-state index in [1.165, 1.54) is 35.7 Å². The van der Waals surface area contributed by atoms with Crippen molar-refractivity contribution in [2.75, 3.05) is 5.32 Å². The van der Waals surface area contributed by atoms with Gasteiger partial charge in [0, 0.05) is 14.1 Å². The molecule has 1 saturated carbocycles. The molecule has 5 heteroatoms. The quantitative estimate of drug-likeness (QED) is 0.518. The number of hydrogen-bond donors (Lipinski definition) is 2. The van der Waals surface area contributed by atoms with E-state index in [0.29, 0.717) is 6.04 Å². The van der Waals surface area contributed by atoms with Gasteiger partial charge in [-0.05, 0) is 65.8 Å². The second-order valence-electron chi connectivity index (χ2n) is 4.56. The van der Waals surface area contributed by atoms with E-state index in [2.05, 4.69) is 61.3 Å². The lowest BCUT2D eigenvalue weighted by Gasteiger charge is -2.24. The monoisotopic (exact) mass is 438 g/mol. The SMILES string of the molecule is S=C(Nc1cc(Br)ccc1I)NC1CCCCC1. The molecule has 0 heterocycles. The normalized spacial score (nSPS) is 16.3. The van der Waals surface area contributed by atoms with Crippen LogP contribution < -0.4 is 10.6 Å². The molecule has 2 nitrogen and oxygen atoms in total. The molecule has 2 rings (SSSR count). The van der Waals surface area contributed by atoms with E-state index in [0.717, 1.165) is 15.3 Å². The Hall–Kier alpha value is 0.120.